The third kappa shape index (κ3) is 1.78. The second-order valence-electron chi connectivity index (χ2n) is 4.04. The minimum absolute atomic E-state index is 0.345. The van der Waals surface area contributed by atoms with E-state index in [1.54, 1.807) is 0 Å². The third-order valence-electron chi connectivity index (χ3n) is 2.77. The number of anilines is 1. The zero-order valence-corrected chi connectivity index (χ0v) is 10.3. The number of hydrogen-bond acceptors (Lipinski definition) is 2. The highest BCUT2D eigenvalue weighted by Gasteiger charge is 2.12. The maximum Gasteiger partial charge on any atom is 0.199 e. The van der Waals surface area contributed by atoms with Gasteiger partial charge in [-0.3, -0.25) is 0 Å². The van der Waals surface area contributed by atoms with E-state index < -0.39 is 0 Å². The van der Waals surface area contributed by atoms with Crippen molar-refractivity contribution in [3.05, 3.63) is 34.0 Å². The molecule has 0 aliphatic heterocycles. The summed E-state index contributed by atoms with van der Waals surface area (Å²) in [5, 5.41) is 0.490. The lowest BCUT2D eigenvalue weighted by atomic mass is 9.99. The van der Waals surface area contributed by atoms with Gasteiger partial charge in [-0.2, -0.15) is 0 Å². The normalized spacial score (nSPS) is 10.8. The average molecular weight is 236 g/mol. The fourth-order valence-electron chi connectivity index (χ4n) is 1.76. The summed E-state index contributed by atoms with van der Waals surface area (Å²) in [6, 6.07) is 4.22. The molecule has 0 radical (unpaired) electrons. The Hall–Kier alpha value is -1.48. The van der Waals surface area contributed by atoms with Gasteiger partial charge in [0, 0.05) is 5.56 Å². The zero-order valence-electron chi connectivity index (χ0n) is 9.56. The van der Waals surface area contributed by atoms with Crippen LogP contribution in [0.25, 0.3) is 11.3 Å². The standard InChI is InChI=1S/C12H14ClN3/c1-6-4-8(3)9(5-7(6)2)10-11(13)16-12(14)15-10/h4-5H,1-3H3,(H3,14,15,16). The molecule has 0 spiro atoms. The number of nitrogen functional groups attached to an aromatic ring is 1. The number of nitrogens with two attached hydrogens (primary N) is 1. The summed E-state index contributed by atoms with van der Waals surface area (Å²) >= 11 is 6.05. The van der Waals surface area contributed by atoms with E-state index in [2.05, 4.69) is 35.9 Å². The number of benzene rings is 1. The van der Waals surface area contributed by atoms with Gasteiger partial charge in [-0.15, -0.1) is 0 Å². The largest absolute Gasteiger partial charge is 0.369 e. The van der Waals surface area contributed by atoms with Crippen LogP contribution in [0.1, 0.15) is 16.7 Å². The van der Waals surface area contributed by atoms with Crippen molar-refractivity contribution in [1.82, 2.24) is 9.97 Å². The summed E-state index contributed by atoms with van der Waals surface area (Å²) in [5.74, 6) is 0.345. The molecule has 0 bridgehead atoms. The quantitative estimate of drug-likeness (QED) is 0.797. The Morgan fingerprint density at radius 1 is 1.12 bits per heavy atom. The maximum atomic E-state index is 6.05. The molecule has 16 heavy (non-hydrogen) atoms. The van der Waals surface area contributed by atoms with Crippen LogP contribution < -0.4 is 5.73 Å². The molecule has 1 aromatic heterocycles. The van der Waals surface area contributed by atoms with Gasteiger partial charge in [-0.05, 0) is 43.5 Å². The Balaban J connectivity index is 2.64. The fraction of sp³-hybridized carbons (Fsp3) is 0.250. The van der Waals surface area contributed by atoms with Gasteiger partial charge >= 0.3 is 0 Å². The van der Waals surface area contributed by atoms with E-state index in [-0.39, 0.29) is 0 Å². The highest BCUT2D eigenvalue weighted by molar-refractivity contribution is 6.32. The maximum absolute atomic E-state index is 6.05. The van der Waals surface area contributed by atoms with Gasteiger partial charge in [0.15, 0.2) is 5.95 Å². The summed E-state index contributed by atoms with van der Waals surface area (Å²) in [5.41, 5.74) is 11.0. The van der Waals surface area contributed by atoms with Crippen molar-refractivity contribution in [2.45, 2.75) is 20.8 Å². The van der Waals surface area contributed by atoms with Gasteiger partial charge in [-0.1, -0.05) is 17.7 Å². The summed E-state index contributed by atoms with van der Waals surface area (Å²) < 4.78 is 0. The molecule has 1 heterocycles. The lowest BCUT2D eigenvalue weighted by Crippen LogP contribution is -1.90. The third-order valence-corrected chi connectivity index (χ3v) is 3.05. The Morgan fingerprint density at radius 3 is 2.31 bits per heavy atom. The summed E-state index contributed by atoms with van der Waals surface area (Å²) in [6.07, 6.45) is 0. The van der Waals surface area contributed by atoms with Crippen molar-refractivity contribution < 1.29 is 0 Å². The Kier molecular flexibility index (Phi) is 2.64. The van der Waals surface area contributed by atoms with Crippen molar-refractivity contribution in [3.63, 3.8) is 0 Å². The van der Waals surface area contributed by atoms with E-state index in [4.69, 9.17) is 17.3 Å². The van der Waals surface area contributed by atoms with Crippen LogP contribution in [0.5, 0.6) is 0 Å². The van der Waals surface area contributed by atoms with E-state index in [0.717, 1.165) is 16.8 Å². The Morgan fingerprint density at radius 2 is 1.75 bits per heavy atom. The molecule has 1 aromatic carbocycles. The zero-order chi connectivity index (χ0) is 11.9. The van der Waals surface area contributed by atoms with E-state index in [1.807, 2.05) is 6.92 Å². The van der Waals surface area contributed by atoms with E-state index in [1.165, 1.54) is 11.1 Å². The molecule has 0 fully saturated rings. The highest BCUT2D eigenvalue weighted by Crippen LogP contribution is 2.30. The molecule has 0 aliphatic rings. The fourth-order valence-corrected chi connectivity index (χ4v) is 2.00. The van der Waals surface area contributed by atoms with Gasteiger partial charge in [0.2, 0.25) is 0 Å². The van der Waals surface area contributed by atoms with E-state index in [9.17, 15) is 0 Å². The molecule has 0 unspecified atom stereocenters. The number of nitrogens with zero attached hydrogens (tertiary/aromatic N) is 1. The number of aromatic nitrogens is 2. The first-order valence-electron chi connectivity index (χ1n) is 5.08. The average Bonchev–Trinajstić information content (AvgIpc) is 2.51. The lowest BCUT2D eigenvalue weighted by Gasteiger charge is -2.07. The minimum Gasteiger partial charge on any atom is -0.369 e. The summed E-state index contributed by atoms with van der Waals surface area (Å²) in [6.45, 7) is 6.21. The molecule has 84 valence electrons. The van der Waals surface area contributed by atoms with Crippen molar-refractivity contribution in [2.75, 3.05) is 5.73 Å². The molecular formula is C12H14ClN3. The van der Waals surface area contributed by atoms with Crippen molar-refractivity contribution in [3.8, 4) is 11.3 Å². The number of rotatable bonds is 1. The van der Waals surface area contributed by atoms with Crippen LogP contribution in [-0.2, 0) is 0 Å². The Bertz CT molecular complexity index is 543. The van der Waals surface area contributed by atoms with Crippen LogP contribution in [0.2, 0.25) is 5.15 Å². The number of aryl methyl sites for hydroxylation is 3. The van der Waals surface area contributed by atoms with Gasteiger partial charge < -0.3 is 10.7 Å². The van der Waals surface area contributed by atoms with Crippen molar-refractivity contribution >= 4 is 17.5 Å². The number of halogens is 1. The molecule has 2 rings (SSSR count). The lowest BCUT2D eigenvalue weighted by molar-refractivity contribution is 1.28. The number of nitrogens with one attached hydrogen (secondary N) is 1. The topological polar surface area (TPSA) is 54.7 Å². The smallest absolute Gasteiger partial charge is 0.199 e. The van der Waals surface area contributed by atoms with E-state index in [0.29, 0.717) is 11.1 Å². The van der Waals surface area contributed by atoms with Crippen LogP contribution in [0, 0.1) is 20.8 Å². The molecule has 0 saturated heterocycles. The number of H-pyrrole nitrogens is 1. The number of hydrogen-bond donors (Lipinski definition) is 2. The second kappa shape index (κ2) is 3.83. The first-order chi connectivity index (χ1) is 7.49. The van der Waals surface area contributed by atoms with Crippen LogP contribution in [-0.4, -0.2) is 9.97 Å². The SMILES string of the molecule is Cc1cc(C)c(-c2nc(N)[nH]c2Cl)cc1C. The summed E-state index contributed by atoms with van der Waals surface area (Å²) in [7, 11) is 0. The molecule has 4 heteroatoms. The minimum atomic E-state index is 0.345. The van der Waals surface area contributed by atoms with Crippen LogP contribution in [0.3, 0.4) is 0 Å². The number of aromatic amines is 1. The predicted molar refractivity (Wildman–Crippen MR) is 67.7 cm³/mol. The first kappa shape index (κ1) is 11.0. The van der Waals surface area contributed by atoms with Gasteiger partial charge in [0.05, 0.1) is 0 Å². The summed E-state index contributed by atoms with van der Waals surface area (Å²) in [4.78, 5) is 7.00. The second-order valence-corrected chi connectivity index (χ2v) is 4.41. The molecule has 0 saturated carbocycles. The van der Waals surface area contributed by atoms with Gasteiger partial charge in [-0.25, -0.2) is 4.98 Å². The van der Waals surface area contributed by atoms with E-state index >= 15 is 0 Å². The number of imidazole rings is 1. The highest BCUT2D eigenvalue weighted by atomic mass is 35.5. The van der Waals surface area contributed by atoms with Crippen LogP contribution in [0.4, 0.5) is 5.95 Å². The molecule has 3 N–H and O–H groups in total. The van der Waals surface area contributed by atoms with Crippen molar-refractivity contribution in [2.24, 2.45) is 0 Å². The van der Waals surface area contributed by atoms with Gasteiger partial charge in [0.25, 0.3) is 0 Å². The molecule has 0 aliphatic carbocycles. The first-order valence-corrected chi connectivity index (χ1v) is 5.46. The van der Waals surface area contributed by atoms with Crippen LogP contribution >= 0.6 is 11.6 Å². The monoisotopic (exact) mass is 235 g/mol. The molecular weight excluding hydrogens is 222 g/mol. The molecule has 3 nitrogen and oxygen atoms in total. The Labute approximate surface area is 99.7 Å². The van der Waals surface area contributed by atoms with Gasteiger partial charge in [0.1, 0.15) is 10.8 Å². The molecule has 0 amide bonds. The van der Waals surface area contributed by atoms with Crippen molar-refractivity contribution in [1.29, 1.82) is 0 Å². The van der Waals surface area contributed by atoms with Crippen LogP contribution in [0.15, 0.2) is 12.1 Å². The predicted octanol–water partition coefficient (Wildman–Crippen LogP) is 3.24. The molecule has 0 atom stereocenters. The molecule has 2 aromatic rings.